The Labute approximate surface area is 157 Å². The Balaban J connectivity index is 2.24. The number of hydrogen-bond donors (Lipinski definition) is 1. The standard InChI is InChI=1S/C20H21N3O4/c1-11-8-12(2)20(23(24)25)18-15(9-13(3)21-19(11)18)22-14-6-7-16(26-4)17(10-14)27-5/h6-10H,1-5H3,(H,21,22). The van der Waals surface area contributed by atoms with Crippen LogP contribution in [0.4, 0.5) is 17.1 Å². The number of ether oxygens (including phenoxy) is 2. The summed E-state index contributed by atoms with van der Waals surface area (Å²) >= 11 is 0. The molecule has 140 valence electrons. The molecule has 0 aliphatic carbocycles. The van der Waals surface area contributed by atoms with Crippen LogP contribution in [0.2, 0.25) is 0 Å². The van der Waals surface area contributed by atoms with E-state index in [-0.39, 0.29) is 10.6 Å². The second kappa shape index (κ2) is 7.11. The molecule has 3 aromatic rings. The third-order valence-electron chi connectivity index (χ3n) is 4.41. The normalized spacial score (nSPS) is 10.7. The van der Waals surface area contributed by atoms with Crippen molar-refractivity contribution in [1.29, 1.82) is 0 Å². The molecule has 0 aliphatic rings. The number of aromatic nitrogens is 1. The first-order valence-electron chi connectivity index (χ1n) is 8.40. The van der Waals surface area contributed by atoms with Gasteiger partial charge in [-0.1, -0.05) is 0 Å². The molecule has 27 heavy (non-hydrogen) atoms. The molecule has 0 spiro atoms. The second-order valence-electron chi connectivity index (χ2n) is 6.35. The molecule has 0 saturated heterocycles. The number of nitro benzene ring substituents is 1. The molecular formula is C20H21N3O4. The van der Waals surface area contributed by atoms with E-state index in [4.69, 9.17) is 9.47 Å². The molecular weight excluding hydrogens is 346 g/mol. The van der Waals surface area contributed by atoms with E-state index in [2.05, 4.69) is 10.3 Å². The number of anilines is 2. The van der Waals surface area contributed by atoms with Gasteiger partial charge in [-0.3, -0.25) is 15.1 Å². The van der Waals surface area contributed by atoms with Gasteiger partial charge in [-0.05, 0) is 50.6 Å². The van der Waals surface area contributed by atoms with E-state index in [1.54, 1.807) is 39.3 Å². The minimum atomic E-state index is -0.353. The van der Waals surface area contributed by atoms with Gasteiger partial charge in [0, 0.05) is 23.0 Å². The molecule has 0 radical (unpaired) electrons. The Kier molecular flexibility index (Phi) is 4.85. The van der Waals surface area contributed by atoms with Crippen molar-refractivity contribution in [3.05, 3.63) is 57.3 Å². The van der Waals surface area contributed by atoms with Gasteiger partial charge in [-0.2, -0.15) is 0 Å². The highest BCUT2D eigenvalue weighted by atomic mass is 16.6. The topological polar surface area (TPSA) is 86.5 Å². The van der Waals surface area contributed by atoms with E-state index >= 15 is 0 Å². The van der Waals surface area contributed by atoms with E-state index in [0.29, 0.717) is 33.7 Å². The Morgan fingerprint density at radius 2 is 1.70 bits per heavy atom. The fraction of sp³-hybridized carbons (Fsp3) is 0.250. The predicted octanol–water partition coefficient (Wildman–Crippen LogP) is 4.83. The van der Waals surface area contributed by atoms with Crippen LogP contribution in [0, 0.1) is 30.9 Å². The minimum Gasteiger partial charge on any atom is -0.493 e. The average Bonchev–Trinajstić information content (AvgIpc) is 2.62. The maximum absolute atomic E-state index is 11.7. The van der Waals surface area contributed by atoms with Crippen LogP contribution in [0.15, 0.2) is 30.3 Å². The SMILES string of the molecule is COc1ccc(Nc2cc(C)nc3c(C)cc(C)c([N+](=O)[O-])c23)cc1OC. The summed E-state index contributed by atoms with van der Waals surface area (Å²) in [4.78, 5) is 15.9. The number of nitro groups is 1. The molecule has 7 nitrogen and oxygen atoms in total. The van der Waals surface area contributed by atoms with Crippen molar-refractivity contribution in [3.63, 3.8) is 0 Å². The zero-order chi connectivity index (χ0) is 19.7. The molecule has 3 rings (SSSR count). The number of hydrogen-bond acceptors (Lipinski definition) is 6. The van der Waals surface area contributed by atoms with Gasteiger partial charge in [0.25, 0.3) is 5.69 Å². The van der Waals surface area contributed by atoms with E-state index in [0.717, 1.165) is 16.9 Å². The maximum Gasteiger partial charge on any atom is 0.283 e. The number of nitrogens with zero attached hydrogens (tertiary/aromatic N) is 2. The van der Waals surface area contributed by atoms with Gasteiger partial charge in [0.2, 0.25) is 0 Å². The smallest absolute Gasteiger partial charge is 0.283 e. The van der Waals surface area contributed by atoms with Crippen molar-refractivity contribution >= 4 is 28.0 Å². The van der Waals surface area contributed by atoms with Gasteiger partial charge in [0.1, 0.15) is 5.39 Å². The van der Waals surface area contributed by atoms with Gasteiger partial charge in [0.05, 0.1) is 30.3 Å². The summed E-state index contributed by atoms with van der Waals surface area (Å²) in [5.74, 6) is 1.18. The lowest BCUT2D eigenvalue weighted by Gasteiger charge is -2.15. The molecule has 0 fully saturated rings. The molecule has 1 heterocycles. The molecule has 0 bridgehead atoms. The van der Waals surface area contributed by atoms with Gasteiger partial charge < -0.3 is 14.8 Å². The van der Waals surface area contributed by atoms with E-state index in [1.807, 2.05) is 26.0 Å². The lowest BCUT2D eigenvalue weighted by atomic mass is 10.0. The zero-order valence-corrected chi connectivity index (χ0v) is 15.9. The van der Waals surface area contributed by atoms with Crippen molar-refractivity contribution < 1.29 is 14.4 Å². The fourth-order valence-corrected chi connectivity index (χ4v) is 3.26. The number of pyridine rings is 1. The Morgan fingerprint density at radius 3 is 2.33 bits per heavy atom. The molecule has 1 N–H and O–H groups in total. The highest BCUT2D eigenvalue weighted by molar-refractivity contribution is 6.02. The summed E-state index contributed by atoms with van der Waals surface area (Å²) < 4.78 is 10.6. The van der Waals surface area contributed by atoms with Crippen LogP contribution >= 0.6 is 0 Å². The number of rotatable bonds is 5. The maximum atomic E-state index is 11.7. The van der Waals surface area contributed by atoms with E-state index in [1.165, 1.54) is 0 Å². The predicted molar refractivity (Wildman–Crippen MR) is 105 cm³/mol. The lowest BCUT2D eigenvalue weighted by Crippen LogP contribution is -2.02. The van der Waals surface area contributed by atoms with Gasteiger partial charge in [0.15, 0.2) is 11.5 Å². The van der Waals surface area contributed by atoms with Crippen molar-refractivity contribution in [3.8, 4) is 11.5 Å². The Bertz CT molecular complexity index is 1050. The van der Waals surface area contributed by atoms with Crippen LogP contribution in [0.1, 0.15) is 16.8 Å². The largest absolute Gasteiger partial charge is 0.493 e. The fourth-order valence-electron chi connectivity index (χ4n) is 3.26. The molecule has 1 aromatic heterocycles. The molecule has 0 aliphatic heterocycles. The summed E-state index contributed by atoms with van der Waals surface area (Å²) in [5.41, 5.74) is 4.31. The van der Waals surface area contributed by atoms with Crippen molar-refractivity contribution in [2.75, 3.05) is 19.5 Å². The van der Waals surface area contributed by atoms with Gasteiger partial charge in [-0.25, -0.2) is 0 Å². The minimum absolute atomic E-state index is 0.0612. The summed E-state index contributed by atoms with van der Waals surface area (Å²) in [7, 11) is 3.13. The highest BCUT2D eigenvalue weighted by Crippen LogP contribution is 2.39. The monoisotopic (exact) mass is 367 g/mol. The van der Waals surface area contributed by atoms with Crippen LogP contribution in [-0.2, 0) is 0 Å². The van der Waals surface area contributed by atoms with Crippen molar-refractivity contribution in [2.24, 2.45) is 0 Å². The van der Waals surface area contributed by atoms with Crippen LogP contribution < -0.4 is 14.8 Å². The summed E-state index contributed by atoms with van der Waals surface area (Å²) in [5, 5.41) is 15.5. The third kappa shape index (κ3) is 3.36. The summed E-state index contributed by atoms with van der Waals surface area (Å²) in [6.45, 7) is 5.51. The number of aryl methyl sites for hydroxylation is 3. The molecule has 0 atom stereocenters. The number of methoxy groups -OCH3 is 2. The van der Waals surface area contributed by atoms with E-state index in [9.17, 15) is 10.1 Å². The van der Waals surface area contributed by atoms with Crippen molar-refractivity contribution in [2.45, 2.75) is 20.8 Å². The zero-order valence-electron chi connectivity index (χ0n) is 15.9. The summed E-state index contributed by atoms with van der Waals surface area (Å²) in [6, 6.07) is 9.01. The van der Waals surface area contributed by atoms with Crippen LogP contribution in [0.5, 0.6) is 11.5 Å². The number of nitrogens with one attached hydrogen (secondary N) is 1. The summed E-state index contributed by atoms with van der Waals surface area (Å²) in [6.07, 6.45) is 0. The third-order valence-corrected chi connectivity index (χ3v) is 4.41. The Hall–Kier alpha value is -3.35. The van der Waals surface area contributed by atoms with Crippen molar-refractivity contribution in [1.82, 2.24) is 4.98 Å². The van der Waals surface area contributed by atoms with Crippen LogP contribution in [0.3, 0.4) is 0 Å². The Morgan fingerprint density at radius 1 is 1.00 bits per heavy atom. The number of benzene rings is 2. The molecule has 2 aromatic carbocycles. The van der Waals surface area contributed by atoms with Gasteiger partial charge >= 0.3 is 0 Å². The first-order chi connectivity index (χ1) is 12.8. The first-order valence-corrected chi connectivity index (χ1v) is 8.40. The molecule has 0 saturated carbocycles. The first kappa shape index (κ1) is 18.4. The van der Waals surface area contributed by atoms with Gasteiger partial charge in [-0.15, -0.1) is 0 Å². The lowest BCUT2D eigenvalue weighted by molar-refractivity contribution is -0.383. The van der Waals surface area contributed by atoms with Crippen LogP contribution in [-0.4, -0.2) is 24.1 Å². The van der Waals surface area contributed by atoms with E-state index < -0.39 is 0 Å². The van der Waals surface area contributed by atoms with Crippen LogP contribution in [0.25, 0.3) is 10.9 Å². The average molecular weight is 367 g/mol. The molecule has 0 amide bonds. The second-order valence-corrected chi connectivity index (χ2v) is 6.35. The number of fused-ring (bicyclic) bond motifs is 1. The quantitative estimate of drug-likeness (QED) is 0.513. The molecule has 7 heteroatoms. The molecule has 0 unspecified atom stereocenters. The highest BCUT2D eigenvalue weighted by Gasteiger charge is 2.22.